The SMILES string of the molecule is Cc1ccc(C2CCC(OCc3ccc(-c4ccccc4)c(F)c3F)CC2)cc1F. The Morgan fingerprint density at radius 1 is 0.833 bits per heavy atom. The average molecular weight is 410 g/mol. The fraction of sp³-hybridized carbons (Fsp3) is 0.308. The number of aryl methyl sites for hydroxylation is 1. The topological polar surface area (TPSA) is 9.23 Å². The molecule has 0 saturated heterocycles. The van der Waals surface area contributed by atoms with Crippen molar-refractivity contribution in [1.29, 1.82) is 0 Å². The molecule has 0 radical (unpaired) electrons. The third-order valence-corrected chi connectivity index (χ3v) is 6.06. The molecule has 1 saturated carbocycles. The van der Waals surface area contributed by atoms with Gasteiger partial charge in [0.2, 0.25) is 0 Å². The molecule has 1 fully saturated rings. The minimum Gasteiger partial charge on any atom is -0.373 e. The van der Waals surface area contributed by atoms with Crippen molar-refractivity contribution in [2.24, 2.45) is 0 Å². The van der Waals surface area contributed by atoms with Crippen molar-refractivity contribution < 1.29 is 17.9 Å². The van der Waals surface area contributed by atoms with Crippen molar-refractivity contribution in [3.63, 3.8) is 0 Å². The van der Waals surface area contributed by atoms with Gasteiger partial charge in [0.1, 0.15) is 5.82 Å². The summed E-state index contributed by atoms with van der Waals surface area (Å²) in [4.78, 5) is 0. The summed E-state index contributed by atoms with van der Waals surface area (Å²) in [5.41, 5.74) is 2.81. The zero-order valence-electron chi connectivity index (χ0n) is 17.0. The van der Waals surface area contributed by atoms with E-state index in [1.165, 1.54) is 0 Å². The number of hydrogen-bond acceptors (Lipinski definition) is 1. The molecule has 1 nitrogen and oxygen atoms in total. The molecule has 0 atom stereocenters. The normalized spacial score (nSPS) is 19.1. The first-order valence-electron chi connectivity index (χ1n) is 10.4. The van der Waals surface area contributed by atoms with Crippen molar-refractivity contribution in [3.05, 3.63) is 94.8 Å². The summed E-state index contributed by atoms with van der Waals surface area (Å²) in [6, 6.07) is 17.6. The number of ether oxygens (including phenoxy) is 1. The van der Waals surface area contributed by atoms with Gasteiger partial charge in [-0.2, -0.15) is 0 Å². The van der Waals surface area contributed by atoms with Gasteiger partial charge in [-0.05, 0) is 61.3 Å². The standard InChI is InChI=1S/C26H25F3O/c1-17-7-8-20(15-24(17)27)18-9-12-22(13-10-18)30-16-21-11-14-23(26(29)25(21)28)19-5-3-2-4-6-19/h2-8,11,14-15,18,22H,9-10,12-13,16H2,1H3. The summed E-state index contributed by atoms with van der Waals surface area (Å²) in [7, 11) is 0. The molecule has 4 rings (SSSR count). The summed E-state index contributed by atoms with van der Waals surface area (Å²) in [5.74, 6) is -1.53. The molecule has 0 bridgehead atoms. The van der Waals surface area contributed by atoms with Gasteiger partial charge in [0.25, 0.3) is 0 Å². The highest BCUT2D eigenvalue weighted by Crippen LogP contribution is 2.35. The predicted molar refractivity (Wildman–Crippen MR) is 113 cm³/mol. The van der Waals surface area contributed by atoms with Crippen LogP contribution in [-0.4, -0.2) is 6.10 Å². The molecule has 0 unspecified atom stereocenters. The zero-order valence-corrected chi connectivity index (χ0v) is 17.0. The fourth-order valence-electron chi connectivity index (χ4n) is 4.18. The number of benzene rings is 3. The molecule has 0 aliphatic heterocycles. The van der Waals surface area contributed by atoms with Crippen molar-refractivity contribution in [1.82, 2.24) is 0 Å². The number of halogens is 3. The average Bonchev–Trinajstić information content (AvgIpc) is 2.78. The van der Waals surface area contributed by atoms with Gasteiger partial charge < -0.3 is 4.74 Å². The van der Waals surface area contributed by atoms with Gasteiger partial charge in [-0.3, -0.25) is 0 Å². The smallest absolute Gasteiger partial charge is 0.167 e. The van der Waals surface area contributed by atoms with Crippen molar-refractivity contribution in [2.75, 3.05) is 0 Å². The first-order chi connectivity index (χ1) is 14.5. The van der Waals surface area contributed by atoms with Crippen LogP contribution in [0.5, 0.6) is 0 Å². The molecule has 0 amide bonds. The van der Waals surface area contributed by atoms with Gasteiger partial charge in [0.15, 0.2) is 11.6 Å². The van der Waals surface area contributed by atoms with Gasteiger partial charge in [-0.1, -0.05) is 54.6 Å². The van der Waals surface area contributed by atoms with E-state index in [0.717, 1.165) is 31.2 Å². The fourth-order valence-corrected chi connectivity index (χ4v) is 4.18. The highest BCUT2D eigenvalue weighted by Gasteiger charge is 2.24. The van der Waals surface area contributed by atoms with E-state index in [0.29, 0.717) is 17.0 Å². The molecular weight excluding hydrogens is 385 g/mol. The van der Waals surface area contributed by atoms with E-state index in [-0.39, 0.29) is 29.7 Å². The van der Waals surface area contributed by atoms with Crippen LogP contribution in [0.15, 0.2) is 60.7 Å². The maximum atomic E-state index is 14.6. The summed E-state index contributed by atoms with van der Waals surface area (Å²) >= 11 is 0. The number of rotatable bonds is 5. The Morgan fingerprint density at radius 2 is 1.57 bits per heavy atom. The summed E-state index contributed by atoms with van der Waals surface area (Å²) in [6.45, 7) is 1.81. The minimum absolute atomic E-state index is 0.00723. The summed E-state index contributed by atoms with van der Waals surface area (Å²) in [6.07, 6.45) is 3.46. The van der Waals surface area contributed by atoms with Gasteiger partial charge in [-0.15, -0.1) is 0 Å². The van der Waals surface area contributed by atoms with Crippen molar-refractivity contribution >= 4 is 0 Å². The van der Waals surface area contributed by atoms with E-state index >= 15 is 0 Å². The van der Waals surface area contributed by atoms with E-state index < -0.39 is 11.6 Å². The Hall–Kier alpha value is -2.59. The molecule has 0 N–H and O–H groups in total. The van der Waals surface area contributed by atoms with Crippen LogP contribution in [-0.2, 0) is 11.3 Å². The summed E-state index contributed by atoms with van der Waals surface area (Å²) < 4.78 is 48.8. The quantitative estimate of drug-likeness (QED) is 0.428. The van der Waals surface area contributed by atoms with Crippen LogP contribution >= 0.6 is 0 Å². The first-order valence-corrected chi connectivity index (χ1v) is 10.4. The maximum Gasteiger partial charge on any atom is 0.167 e. The second-order valence-electron chi connectivity index (χ2n) is 8.06. The Labute approximate surface area is 175 Å². The van der Waals surface area contributed by atoms with Gasteiger partial charge >= 0.3 is 0 Å². The molecule has 3 aromatic carbocycles. The molecule has 0 aromatic heterocycles. The molecule has 3 aromatic rings. The second kappa shape index (κ2) is 9.05. The van der Waals surface area contributed by atoms with Gasteiger partial charge in [-0.25, -0.2) is 13.2 Å². The minimum atomic E-state index is -0.847. The molecule has 1 aliphatic carbocycles. The third-order valence-electron chi connectivity index (χ3n) is 6.06. The first kappa shape index (κ1) is 20.7. The summed E-state index contributed by atoms with van der Waals surface area (Å²) in [5, 5.41) is 0. The molecule has 1 aliphatic rings. The number of hydrogen-bond donors (Lipinski definition) is 0. The Morgan fingerprint density at radius 3 is 2.27 bits per heavy atom. The highest BCUT2D eigenvalue weighted by molar-refractivity contribution is 5.64. The van der Waals surface area contributed by atoms with E-state index in [1.54, 1.807) is 49.4 Å². The molecule has 30 heavy (non-hydrogen) atoms. The van der Waals surface area contributed by atoms with Crippen LogP contribution in [0.25, 0.3) is 11.1 Å². The van der Waals surface area contributed by atoms with Crippen LogP contribution in [0.4, 0.5) is 13.2 Å². The van der Waals surface area contributed by atoms with E-state index in [4.69, 9.17) is 4.74 Å². The molecule has 0 heterocycles. The molecule has 4 heteroatoms. The van der Waals surface area contributed by atoms with Crippen molar-refractivity contribution in [3.8, 4) is 11.1 Å². The maximum absolute atomic E-state index is 14.6. The van der Waals surface area contributed by atoms with Crippen LogP contribution in [0, 0.1) is 24.4 Å². The molecule has 0 spiro atoms. The lowest BCUT2D eigenvalue weighted by atomic mass is 9.82. The monoisotopic (exact) mass is 410 g/mol. The second-order valence-corrected chi connectivity index (χ2v) is 8.06. The van der Waals surface area contributed by atoms with E-state index in [1.807, 2.05) is 18.2 Å². The Kier molecular flexibility index (Phi) is 6.24. The Balaban J connectivity index is 1.35. The predicted octanol–water partition coefficient (Wildman–Crippen LogP) is 7.32. The van der Waals surface area contributed by atoms with Crippen LogP contribution in [0.1, 0.15) is 48.3 Å². The van der Waals surface area contributed by atoms with Crippen LogP contribution in [0.2, 0.25) is 0 Å². The van der Waals surface area contributed by atoms with Crippen molar-refractivity contribution in [2.45, 2.75) is 51.2 Å². The van der Waals surface area contributed by atoms with E-state index in [2.05, 4.69) is 0 Å². The largest absolute Gasteiger partial charge is 0.373 e. The third kappa shape index (κ3) is 4.44. The van der Waals surface area contributed by atoms with Gasteiger partial charge in [0.05, 0.1) is 12.7 Å². The Bertz CT molecular complexity index is 1010. The van der Waals surface area contributed by atoms with E-state index in [9.17, 15) is 13.2 Å². The van der Waals surface area contributed by atoms with Gasteiger partial charge in [0, 0.05) is 11.1 Å². The van der Waals surface area contributed by atoms with Crippen LogP contribution < -0.4 is 0 Å². The lowest BCUT2D eigenvalue weighted by Gasteiger charge is -2.29. The molecule has 156 valence electrons. The lowest BCUT2D eigenvalue weighted by Crippen LogP contribution is -2.21. The lowest BCUT2D eigenvalue weighted by molar-refractivity contribution is 0.0119. The highest BCUT2D eigenvalue weighted by atomic mass is 19.2. The van der Waals surface area contributed by atoms with Crippen LogP contribution in [0.3, 0.4) is 0 Å². The zero-order chi connectivity index (χ0) is 21.1. The molecular formula is C26H25F3O.